The van der Waals surface area contributed by atoms with Gasteiger partial charge in [-0.25, -0.2) is 14.7 Å². The maximum atomic E-state index is 12.6. The Labute approximate surface area is 115 Å². The largest absolute Gasteiger partial charge is 0.422 e. The maximum absolute atomic E-state index is 12.6. The van der Waals surface area contributed by atoms with Gasteiger partial charge in [0.15, 0.2) is 0 Å². The molecule has 0 aliphatic carbocycles. The Kier molecular flexibility index (Phi) is 7.19. The van der Waals surface area contributed by atoms with Gasteiger partial charge in [-0.2, -0.15) is 0 Å². The van der Waals surface area contributed by atoms with E-state index in [1.165, 1.54) is 0 Å². The van der Waals surface area contributed by atoms with Crippen molar-refractivity contribution in [1.82, 2.24) is 10.2 Å². The van der Waals surface area contributed by atoms with Crippen LogP contribution >= 0.6 is 7.67 Å². The van der Waals surface area contributed by atoms with E-state index in [-0.39, 0.29) is 0 Å². The molecule has 0 aliphatic rings. The molecule has 0 bridgehead atoms. The Bertz CT molecular complexity index is 446. The molecule has 0 heterocycles. The van der Waals surface area contributed by atoms with Gasteiger partial charge >= 0.3 is 7.67 Å². The zero-order chi connectivity index (χ0) is 14.0. The molecule has 0 aliphatic heterocycles. The molecule has 104 valence electrons. The molecular weight excluding hydrogens is 259 g/mol. The summed E-state index contributed by atoms with van der Waals surface area (Å²) in [6.45, 7) is 6.56. The standard InChI is InChI=1S/C14H21N2O2P/c1-3-5-9-13-16-19(17,15-12-4-2)18-14-10-7-6-8-11-14/h3-8,10-11H,2,9,12-13H2,1H3,(H2,15,16,17)/b5-3+. The van der Waals surface area contributed by atoms with Gasteiger partial charge in [0, 0.05) is 13.1 Å². The third-order valence-electron chi connectivity index (χ3n) is 2.29. The van der Waals surface area contributed by atoms with Crippen molar-refractivity contribution in [3.05, 3.63) is 55.1 Å². The van der Waals surface area contributed by atoms with Crippen molar-refractivity contribution >= 4 is 7.67 Å². The number of hydrogen-bond donors (Lipinski definition) is 2. The van der Waals surface area contributed by atoms with Gasteiger partial charge in [0.25, 0.3) is 0 Å². The van der Waals surface area contributed by atoms with E-state index >= 15 is 0 Å². The average Bonchev–Trinajstić information content (AvgIpc) is 2.43. The molecule has 5 heteroatoms. The fourth-order valence-electron chi connectivity index (χ4n) is 1.40. The minimum atomic E-state index is -3.10. The molecule has 0 aromatic heterocycles. The van der Waals surface area contributed by atoms with Crippen molar-refractivity contribution in [2.45, 2.75) is 13.3 Å². The van der Waals surface area contributed by atoms with Gasteiger partial charge in [-0.05, 0) is 25.5 Å². The van der Waals surface area contributed by atoms with Crippen LogP contribution in [0.2, 0.25) is 0 Å². The summed E-state index contributed by atoms with van der Waals surface area (Å²) in [6.07, 6.45) is 6.41. The number of benzene rings is 1. The Hall–Kier alpha value is -1.35. The smallest absolute Gasteiger partial charge is 0.390 e. The summed E-state index contributed by atoms with van der Waals surface area (Å²) in [4.78, 5) is 0. The van der Waals surface area contributed by atoms with Gasteiger partial charge in [-0.1, -0.05) is 36.4 Å². The molecule has 0 saturated heterocycles. The highest BCUT2D eigenvalue weighted by Crippen LogP contribution is 2.38. The van der Waals surface area contributed by atoms with Crippen molar-refractivity contribution in [2.24, 2.45) is 0 Å². The quantitative estimate of drug-likeness (QED) is 0.413. The summed E-state index contributed by atoms with van der Waals surface area (Å²) in [6, 6.07) is 9.11. The van der Waals surface area contributed by atoms with Gasteiger partial charge in [-0.15, -0.1) is 6.58 Å². The first-order chi connectivity index (χ1) is 9.20. The molecule has 0 amide bonds. The topological polar surface area (TPSA) is 50.4 Å². The van der Waals surface area contributed by atoms with Crippen LogP contribution in [0.3, 0.4) is 0 Å². The minimum absolute atomic E-state index is 0.417. The molecule has 2 N–H and O–H groups in total. The summed E-state index contributed by atoms with van der Waals surface area (Å²) in [5, 5.41) is 5.79. The van der Waals surface area contributed by atoms with Gasteiger partial charge in [0.1, 0.15) is 5.75 Å². The molecule has 0 radical (unpaired) electrons. The second kappa shape index (κ2) is 8.70. The van der Waals surface area contributed by atoms with E-state index in [1.54, 1.807) is 18.2 Å². The predicted octanol–water partition coefficient (Wildman–Crippen LogP) is 3.50. The Morgan fingerprint density at radius 3 is 2.68 bits per heavy atom. The summed E-state index contributed by atoms with van der Waals surface area (Å²) < 4.78 is 18.1. The average molecular weight is 280 g/mol. The van der Waals surface area contributed by atoms with Crippen LogP contribution in [0, 0.1) is 0 Å². The van der Waals surface area contributed by atoms with Crippen molar-refractivity contribution in [3.63, 3.8) is 0 Å². The Morgan fingerprint density at radius 2 is 2.05 bits per heavy atom. The molecule has 1 aromatic carbocycles. The Balaban J connectivity index is 2.63. The highest BCUT2D eigenvalue weighted by atomic mass is 31.2. The molecule has 0 saturated carbocycles. The second-order valence-electron chi connectivity index (χ2n) is 3.87. The number of allylic oxidation sites excluding steroid dienone is 1. The molecule has 1 aromatic rings. The second-order valence-corrected chi connectivity index (χ2v) is 5.79. The molecule has 1 atom stereocenters. The van der Waals surface area contributed by atoms with E-state index in [0.717, 1.165) is 6.42 Å². The Morgan fingerprint density at radius 1 is 1.32 bits per heavy atom. The lowest BCUT2D eigenvalue weighted by atomic mass is 10.3. The summed E-state index contributed by atoms with van der Waals surface area (Å²) in [5.41, 5.74) is 0. The van der Waals surface area contributed by atoms with Gasteiger partial charge < -0.3 is 4.52 Å². The van der Waals surface area contributed by atoms with E-state index < -0.39 is 7.67 Å². The molecule has 0 fully saturated rings. The van der Waals surface area contributed by atoms with Crippen molar-refractivity contribution < 1.29 is 9.09 Å². The van der Waals surface area contributed by atoms with E-state index in [4.69, 9.17) is 4.52 Å². The van der Waals surface area contributed by atoms with E-state index in [0.29, 0.717) is 18.8 Å². The van der Waals surface area contributed by atoms with Crippen LogP contribution in [0.4, 0.5) is 0 Å². The summed E-state index contributed by atoms with van der Waals surface area (Å²) in [7, 11) is -3.10. The number of nitrogens with one attached hydrogen (secondary N) is 2. The van der Waals surface area contributed by atoms with Crippen molar-refractivity contribution in [1.29, 1.82) is 0 Å². The van der Waals surface area contributed by atoms with Crippen LogP contribution in [0.15, 0.2) is 55.1 Å². The summed E-state index contributed by atoms with van der Waals surface area (Å²) in [5.74, 6) is 0.570. The van der Waals surface area contributed by atoms with Crippen LogP contribution in [-0.2, 0) is 4.57 Å². The zero-order valence-electron chi connectivity index (χ0n) is 11.2. The monoisotopic (exact) mass is 280 g/mol. The van der Waals surface area contributed by atoms with Crippen molar-refractivity contribution in [3.8, 4) is 5.75 Å². The first-order valence-electron chi connectivity index (χ1n) is 6.27. The van der Waals surface area contributed by atoms with E-state index in [9.17, 15) is 4.57 Å². The zero-order valence-corrected chi connectivity index (χ0v) is 12.1. The normalized spacial score (nSPS) is 14.2. The molecule has 19 heavy (non-hydrogen) atoms. The first kappa shape index (κ1) is 15.7. The highest BCUT2D eigenvalue weighted by molar-refractivity contribution is 7.55. The van der Waals surface area contributed by atoms with Crippen LogP contribution in [-0.4, -0.2) is 13.1 Å². The molecule has 4 nitrogen and oxygen atoms in total. The molecule has 0 spiro atoms. The third-order valence-corrected chi connectivity index (χ3v) is 3.99. The fraction of sp³-hybridized carbons (Fsp3) is 0.286. The van der Waals surface area contributed by atoms with Crippen molar-refractivity contribution in [2.75, 3.05) is 13.1 Å². The molecule has 1 rings (SSSR count). The lowest BCUT2D eigenvalue weighted by molar-refractivity contribution is 0.455. The van der Waals surface area contributed by atoms with E-state index in [2.05, 4.69) is 16.8 Å². The molecular formula is C14H21N2O2P. The SMILES string of the molecule is C=CCNP(=O)(NCC/C=C/C)Oc1ccccc1. The first-order valence-corrected chi connectivity index (χ1v) is 7.89. The fourth-order valence-corrected chi connectivity index (χ4v) is 2.85. The van der Waals surface area contributed by atoms with Gasteiger partial charge in [-0.3, -0.25) is 0 Å². The van der Waals surface area contributed by atoms with Crippen LogP contribution < -0.4 is 14.7 Å². The van der Waals surface area contributed by atoms with Crippen LogP contribution in [0.1, 0.15) is 13.3 Å². The number of rotatable bonds is 9. The van der Waals surface area contributed by atoms with Gasteiger partial charge in [0.2, 0.25) is 0 Å². The third kappa shape index (κ3) is 6.39. The predicted molar refractivity (Wildman–Crippen MR) is 80.3 cm³/mol. The maximum Gasteiger partial charge on any atom is 0.390 e. The highest BCUT2D eigenvalue weighted by Gasteiger charge is 2.22. The lowest BCUT2D eigenvalue weighted by Crippen LogP contribution is -2.26. The lowest BCUT2D eigenvalue weighted by Gasteiger charge is -2.20. The summed E-state index contributed by atoms with van der Waals surface area (Å²) >= 11 is 0. The van der Waals surface area contributed by atoms with Gasteiger partial charge in [0.05, 0.1) is 0 Å². The number of para-hydroxylation sites is 1. The van der Waals surface area contributed by atoms with Crippen LogP contribution in [0.5, 0.6) is 5.75 Å². The van der Waals surface area contributed by atoms with Crippen LogP contribution in [0.25, 0.3) is 0 Å². The minimum Gasteiger partial charge on any atom is -0.422 e. The number of hydrogen-bond acceptors (Lipinski definition) is 2. The van der Waals surface area contributed by atoms with E-state index in [1.807, 2.05) is 37.3 Å². The molecule has 1 unspecified atom stereocenters.